The van der Waals surface area contributed by atoms with E-state index in [4.69, 9.17) is 0 Å². The summed E-state index contributed by atoms with van der Waals surface area (Å²) in [5, 5.41) is 2.91. The van der Waals surface area contributed by atoms with E-state index >= 15 is 0 Å². The van der Waals surface area contributed by atoms with Crippen molar-refractivity contribution in [3.8, 4) is 0 Å². The van der Waals surface area contributed by atoms with Gasteiger partial charge in [0.2, 0.25) is 0 Å². The van der Waals surface area contributed by atoms with Gasteiger partial charge in [0, 0.05) is 17.8 Å². The van der Waals surface area contributed by atoms with Gasteiger partial charge in [-0.05, 0) is 114 Å². The Bertz CT molecular complexity index is 1860. The third-order valence-corrected chi connectivity index (χ3v) is 11.4. The van der Waals surface area contributed by atoms with Crippen molar-refractivity contribution < 1.29 is 0 Å². The molecule has 0 aliphatic carbocycles. The van der Waals surface area contributed by atoms with E-state index in [9.17, 15) is 0 Å². The first-order valence-corrected chi connectivity index (χ1v) is 16.7. The van der Waals surface area contributed by atoms with Crippen molar-refractivity contribution in [3.05, 3.63) is 83.7 Å². The van der Waals surface area contributed by atoms with Gasteiger partial charge in [-0.25, -0.2) is 0 Å². The van der Waals surface area contributed by atoms with Gasteiger partial charge in [0.15, 0.2) is 0 Å². The van der Waals surface area contributed by atoms with Crippen molar-refractivity contribution in [3.63, 3.8) is 0 Å². The number of hydrogen-bond acceptors (Lipinski definition) is 1. The topological polar surface area (TPSA) is 18.0 Å². The lowest BCUT2D eigenvalue weighted by atomic mass is 9.93. The van der Waals surface area contributed by atoms with Crippen LogP contribution in [0.25, 0.3) is 18.2 Å². The highest BCUT2D eigenvalue weighted by atomic mass is 15.7. The number of nitrogens with zero attached hydrogens (tertiary/aromatic N) is 4. The van der Waals surface area contributed by atoms with Crippen LogP contribution in [0.3, 0.4) is 0 Å². The predicted octanol–water partition coefficient (Wildman–Crippen LogP) is 6.13. The van der Waals surface area contributed by atoms with E-state index in [1.54, 1.807) is 50.2 Å². The van der Waals surface area contributed by atoms with Crippen molar-refractivity contribution in [2.24, 2.45) is 0 Å². The lowest BCUT2D eigenvalue weighted by Crippen LogP contribution is -2.72. The number of aromatic nitrogens is 3. The van der Waals surface area contributed by atoms with Crippen LogP contribution in [0.2, 0.25) is 0 Å². The molecular weight excluding hydrogens is 500 g/mol. The Morgan fingerprint density at radius 3 is 1.59 bits per heavy atom. The Labute approximate surface area is 245 Å². The molecule has 41 heavy (non-hydrogen) atoms. The van der Waals surface area contributed by atoms with E-state index in [2.05, 4.69) is 92.2 Å². The molecule has 0 amide bonds. The standard InChI is InChI=1S/C37H46N4/c1-9-21-22(10-2)30-18-32-25(13-5)26(14-6)34-20-36-28(16-8)27(15-7)35-19-33-24(12-4)23(11-3)31-17-29(21)38(30)37(39(31)33,40(32)34)41(35)36/h17-19,34H,9-16,20H2,1-8H3. The molecule has 0 aromatic carbocycles. The second-order valence-electron chi connectivity index (χ2n) is 12.6. The number of hydrogen-bond donors (Lipinski definition) is 0. The smallest absolute Gasteiger partial charge is 0.291 e. The highest BCUT2D eigenvalue weighted by Gasteiger charge is 2.61. The third-order valence-electron chi connectivity index (χ3n) is 11.4. The van der Waals surface area contributed by atoms with Gasteiger partial charge < -0.3 is 4.90 Å². The zero-order chi connectivity index (χ0) is 28.5. The van der Waals surface area contributed by atoms with Crippen molar-refractivity contribution in [1.29, 1.82) is 0 Å². The van der Waals surface area contributed by atoms with Gasteiger partial charge >= 0.3 is 0 Å². The SMILES string of the molecule is CCC1=C(CC)C2Cc3c(CC)c(CC)c4n3C35N2C1=Cc1c(CC)c(CC)c(n13)C=c1c(CC)c(CC)c(n15)=C4. The summed E-state index contributed by atoms with van der Waals surface area (Å²) in [6.45, 7) is 19.0. The molecule has 214 valence electrons. The Morgan fingerprint density at radius 2 is 1.07 bits per heavy atom. The third kappa shape index (κ3) is 2.54. The van der Waals surface area contributed by atoms with E-state index in [0.29, 0.717) is 6.04 Å². The van der Waals surface area contributed by atoms with Crippen LogP contribution in [0.5, 0.6) is 0 Å². The van der Waals surface area contributed by atoms with Crippen LogP contribution < -0.4 is 10.7 Å². The Morgan fingerprint density at radius 1 is 0.561 bits per heavy atom. The minimum absolute atomic E-state index is 0.402. The first kappa shape index (κ1) is 25.6. The van der Waals surface area contributed by atoms with Gasteiger partial charge in [-0.3, -0.25) is 13.7 Å². The van der Waals surface area contributed by atoms with E-state index in [0.717, 1.165) is 57.8 Å². The second kappa shape index (κ2) is 8.46. The van der Waals surface area contributed by atoms with Crippen LogP contribution >= 0.6 is 0 Å². The lowest BCUT2D eigenvalue weighted by molar-refractivity contribution is -0.0579. The fourth-order valence-corrected chi connectivity index (χ4v) is 10.1. The van der Waals surface area contributed by atoms with Crippen LogP contribution in [0.15, 0.2) is 16.8 Å². The molecule has 1 spiro atoms. The molecule has 0 N–H and O–H groups in total. The van der Waals surface area contributed by atoms with Crippen molar-refractivity contribution >= 4 is 18.2 Å². The van der Waals surface area contributed by atoms with Gasteiger partial charge in [-0.2, -0.15) is 0 Å². The molecule has 0 bridgehead atoms. The van der Waals surface area contributed by atoms with E-state index in [1.807, 2.05) is 0 Å². The van der Waals surface area contributed by atoms with Gasteiger partial charge in [0.25, 0.3) is 5.91 Å². The Hall–Kier alpha value is -3.14. The molecule has 2 atom stereocenters. The van der Waals surface area contributed by atoms with E-state index in [1.165, 1.54) is 33.5 Å². The summed E-state index contributed by atoms with van der Waals surface area (Å²) in [7, 11) is 0. The summed E-state index contributed by atoms with van der Waals surface area (Å²) >= 11 is 0. The maximum Gasteiger partial charge on any atom is 0.291 e. The van der Waals surface area contributed by atoms with Crippen molar-refractivity contribution in [2.75, 3.05) is 0 Å². The molecule has 0 saturated carbocycles. The molecule has 5 aliphatic heterocycles. The fraction of sp³-hybridized carbons (Fsp3) is 0.514. The number of rotatable bonds is 8. The Balaban J connectivity index is 1.69. The monoisotopic (exact) mass is 546 g/mol. The predicted molar refractivity (Wildman–Crippen MR) is 170 cm³/mol. The average Bonchev–Trinajstić information content (AvgIpc) is 3.69. The molecule has 0 radical (unpaired) electrons. The molecular formula is C37H46N4. The summed E-state index contributed by atoms with van der Waals surface area (Å²) in [6.07, 6.45) is 17.6. The molecule has 0 saturated heterocycles. The maximum absolute atomic E-state index is 2.92. The summed E-state index contributed by atoms with van der Waals surface area (Å²) in [5.41, 5.74) is 20.2. The molecule has 8 heterocycles. The van der Waals surface area contributed by atoms with E-state index < -0.39 is 5.91 Å². The van der Waals surface area contributed by atoms with Crippen molar-refractivity contribution in [1.82, 2.24) is 18.6 Å². The van der Waals surface area contributed by atoms with Gasteiger partial charge in [0.1, 0.15) is 0 Å². The molecule has 5 aliphatic rings. The second-order valence-corrected chi connectivity index (χ2v) is 12.6. The van der Waals surface area contributed by atoms with Gasteiger partial charge in [-0.1, -0.05) is 55.4 Å². The summed E-state index contributed by atoms with van der Waals surface area (Å²) < 4.78 is 8.50. The van der Waals surface area contributed by atoms with Gasteiger partial charge in [-0.15, -0.1) is 0 Å². The van der Waals surface area contributed by atoms with Crippen LogP contribution in [-0.4, -0.2) is 24.6 Å². The zero-order valence-electron chi connectivity index (χ0n) is 26.5. The minimum Gasteiger partial charge on any atom is -0.305 e. The molecule has 0 fully saturated rings. The molecule has 2 unspecified atom stereocenters. The highest BCUT2D eigenvalue weighted by molar-refractivity contribution is 5.74. The first-order chi connectivity index (χ1) is 20.0. The van der Waals surface area contributed by atoms with Crippen LogP contribution in [0, 0.1) is 0 Å². The molecule has 4 heteroatoms. The summed E-state index contributed by atoms with van der Waals surface area (Å²) in [5.74, 6) is -0.445. The summed E-state index contributed by atoms with van der Waals surface area (Å²) in [6, 6.07) is 0.402. The quantitative estimate of drug-likeness (QED) is 0.333. The van der Waals surface area contributed by atoms with Crippen molar-refractivity contribution in [2.45, 2.75) is 125 Å². The normalized spacial score (nSPS) is 22.1. The number of allylic oxidation sites excluding steroid dienone is 1. The molecule has 3 aromatic heterocycles. The summed E-state index contributed by atoms with van der Waals surface area (Å²) in [4.78, 5) is 2.92. The van der Waals surface area contributed by atoms with Crippen LogP contribution in [-0.2, 0) is 50.9 Å². The lowest BCUT2D eigenvalue weighted by Gasteiger charge is -2.58. The Kier molecular flexibility index (Phi) is 5.27. The fourth-order valence-electron chi connectivity index (χ4n) is 10.1. The van der Waals surface area contributed by atoms with Crippen LogP contribution in [0.4, 0.5) is 0 Å². The average molecular weight is 547 g/mol. The zero-order valence-corrected chi connectivity index (χ0v) is 26.5. The minimum atomic E-state index is -0.445. The van der Waals surface area contributed by atoms with Gasteiger partial charge in [0.05, 0.1) is 33.8 Å². The molecule has 4 nitrogen and oxygen atoms in total. The van der Waals surface area contributed by atoms with Crippen LogP contribution in [0.1, 0.15) is 124 Å². The molecule has 8 rings (SSSR count). The highest BCUT2D eigenvalue weighted by Crippen LogP contribution is 2.56. The largest absolute Gasteiger partial charge is 0.305 e. The maximum atomic E-state index is 2.92. The molecule has 3 aromatic rings. The van der Waals surface area contributed by atoms with E-state index in [-0.39, 0.29) is 0 Å². The first-order valence-electron chi connectivity index (χ1n) is 16.7.